The quantitative estimate of drug-likeness (QED) is 0.698. The number of fused-ring (bicyclic) bond motifs is 1. The maximum atomic E-state index is 11.0. The Bertz CT molecular complexity index is 451. The van der Waals surface area contributed by atoms with Crippen LogP contribution in [0.25, 0.3) is 0 Å². The monoisotopic (exact) mass is 240 g/mol. The first-order chi connectivity index (χ1) is 6.00. The molecule has 0 atom stereocenters. The van der Waals surface area contributed by atoms with Gasteiger partial charge in [-0.1, -0.05) is 11.6 Å². The molecular formula is C6H6Cl2N2O2S. The Morgan fingerprint density at radius 1 is 1.46 bits per heavy atom. The van der Waals surface area contributed by atoms with Crippen molar-refractivity contribution < 1.29 is 8.42 Å². The average molecular weight is 241 g/mol. The molecule has 13 heavy (non-hydrogen) atoms. The van der Waals surface area contributed by atoms with Crippen LogP contribution in [0.4, 0.5) is 0 Å². The van der Waals surface area contributed by atoms with Crippen molar-refractivity contribution in [2.24, 2.45) is 0 Å². The van der Waals surface area contributed by atoms with Crippen LogP contribution in [-0.4, -0.2) is 18.0 Å². The van der Waals surface area contributed by atoms with Gasteiger partial charge in [-0.2, -0.15) is 0 Å². The highest BCUT2D eigenvalue weighted by Gasteiger charge is 2.26. The molecule has 2 rings (SSSR count). The van der Waals surface area contributed by atoms with Gasteiger partial charge in [0, 0.05) is 23.6 Å². The first-order valence-corrected chi connectivity index (χ1v) is 6.38. The van der Waals surface area contributed by atoms with E-state index >= 15 is 0 Å². The topological polar surface area (TPSA) is 52.0 Å². The number of imidazole rings is 1. The van der Waals surface area contributed by atoms with Crippen molar-refractivity contribution in [3.05, 3.63) is 11.0 Å². The highest BCUT2D eigenvalue weighted by molar-refractivity contribution is 8.13. The maximum Gasteiger partial charge on any atom is 0.281 e. The van der Waals surface area contributed by atoms with Crippen molar-refractivity contribution in [3.63, 3.8) is 0 Å². The van der Waals surface area contributed by atoms with Gasteiger partial charge in [0.15, 0.2) is 0 Å². The second-order valence-corrected chi connectivity index (χ2v) is 5.66. The van der Waals surface area contributed by atoms with Crippen LogP contribution >= 0.6 is 22.3 Å². The van der Waals surface area contributed by atoms with E-state index < -0.39 is 9.05 Å². The van der Waals surface area contributed by atoms with Gasteiger partial charge in [-0.05, 0) is 6.42 Å². The summed E-state index contributed by atoms with van der Waals surface area (Å²) in [6, 6.07) is 0. The summed E-state index contributed by atoms with van der Waals surface area (Å²) in [5.74, 6) is 0.698. The lowest BCUT2D eigenvalue weighted by atomic mass is 10.4. The van der Waals surface area contributed by atoms with Gasteiger partial charge in [-0.25, -0.2) is 13.4 Å². The largest absolute Gasteiger partial charge is 0.318 e. The molecule has 2 heterocycles. The Hall–Kier alpha value is -0.260. The van der Waals surface area contributed by atoms with Gasteiger partial charge in [0.2, 0.25) is 5.03 Å². The Morgan fingerprint density at radius 3 is 2.69 bits per heavy atom. The molecule has 72 valence electrons. The van der Waals surface area contributed by atoms with Gasteiger partial charge >= 0.3 is 0 Å². The first kappa shape index (κ1) is 9.30. The van der Waals surface area contributed by atoms with Crippen molar-refractivity contribution in [3.8, 4) is 0 Å². The third kappa shape index (κ3) is 1.45. The van der Waals surface area contributed by atoms with Crippen molar-refractivity contribution in [1.29, 1.82) is 0 Å². The molecule has 0 bridgehead atoms. The molecule has 1 aliphatic rings. The van der Waals surface area contributed by atoms with Gasteiger partial charge in [0.25, 0.3) is 9.05 Å². The van der Waals surface area contributed by atoms with E-state index in [1.807, 2.05) is 0 Å². The second-order valence-electron chi connectivity index (χ2n) is 2.82. The molecule has 0 spiro atoms. The van der Waals surface area contributed by atoms with E-state index in [4.69, 9.17) is 22.3 Å². The zero-order valence-electron chi connectivity index (χ0n) is 6.50. The van der Waals surface area contributed by atoms with Gasteiger partial charge in [-0.15, -0.1) is 0 Å². The lowest BCUT2D eigenvalue weighted by Crippen LogP contribution is -1.95. The van der Waals surface area contributed by atoms with E-state index in [9.17, 15) is 8.42 Å². The molecule has 0 amide bonds. The van der Waals surface area contributed by atoms with Crippen LogP contribution in [0.3, 0.4) is 0 Å². The van der Waals surface area contributed by atoms with Crippen LogP contribution in [0.5, 0.6) is 0 Å². The number of aryl methyl sites for hydroxylation is 1. The fraction of sp³-hybridized carbons (Fsp3) is 0.500. The molecule has 0 fully saturated rings. The van der Waals surface area contributed by atoms with Gasteiger partial charge in [0.1, 0.15) is 11.0 Å². The molecule has 1 aliphatic heterocycles. The molecular weight excluding hydrogens is 235 g/mol. The van der Waals surface area contributed by atoms with Gasteiger partial charge < -0.3 is 4.57 Å². The van der Waals surface area contributed by atoms with E-state index in [2.05, 4.69) is 4.98 Å². The lowest BCUT2D eigenvalue weighted by molar-refractivity contribution is 0.606. The number of rotatable bonds is 1. The Labute approximate surface area is 84.9 Å². The molecule has 0 N–H and O–H groups in total. The maximum absolute atomic E-state index is 11.0. The molecule has 0 radical (unpaired) electrons. The zero-order chi connectivity index (χ0) is 9.64. The van der Waals surface area contributed by atoms with Crippen LogP contribution in [0, 0.1) is 0 Å². The van der Waals surface area contributed by atoms with Crippen LogP contribution in [-0.2, 0) is 22.0 Å². The molecule has 1 aromatic rings. The highest BCUT2D eigenvalue weighted by Crippen LogP contribution is 2.29. The number of nitrogens with zero attached hydrogens (tertiary/aromatic N) is 2. The summed E-state index contributed by atoms with van der Waals surface area (Å²) in [5, 5.41) is -0.0898. The van der Waals surface area contributed by atoms with Crippen molar-refractivity contribution in [2.75, 3.05) is 0 Å². The third-order valence-electron chi connectivity index (χ3n) is 1.97. The minimum Gasteiger partial charge on any atom is -0.318 e. The molecule has 0 aromatic carbocycles. The summed E-state index contributed by atoms with van der Waals surface area (Å²) in [7, 11) is 1.34. The van der Waals surface area contributed by atoms with Crippen LogP contribution < -0.4 is 0 Å². The molecule has 4 nitrogen and oxygen atoms in total. The summed E-state index contributed by atoms with van der Waals surface area (Å²) in [4.78, 5) is 3.87. The Morgan fingerprint density at radius 2 is 2.15 bits per heavy atom. The van der Waals surface area contributed by atoms with E-state index in [0.717, 1.165) is 12.8 Å². The lowest BCUT2D eigenvalue weighted by Gasteiger charge is -1.96. The predicted molar refractivity (Wildman–Crippen MR) is 48.6 cm³/mol. The minimum atomic E-state index is -3.80. The zero-order valence-corrected chi connectivity index (χ0v) is 8.82. The smallest absolute Gasteiger partial charge is 0.281 e. The van der Waals surface area contributed by atoms with E-state index in [1.165, 1.54) is 0 Å². The van der Waals surface area contributed by atoms with Crippen LogP contribution in [0.15, 0.2) is 5.03 Å². The van der Waals surface area contributed by atoms with Crippen molar-refractivity contribution in [2.45, 2.75) is 24.4 Å². The molecule has 7 heteroatoms. The summed E-state index contributed by atoms with van der Waals surface area (Å²) in [6.07, 6.45) is 1.71. The number of hydrogen-bond acceptors (Lipinski definition) is 3. The predicted octanol–water partition coefficient (Wildman–Crippen LogP) is 1.41. The Balaban J connectivity index is 2.64. The van der Waals surface area contributed by atoms with Gasteiger partial charge in [0.05, 0.1) is 0 Å². The number of aromatic nitrogens is 2. The van der Waals surface area contributed by atoms with E-state index in [1.54, 1.807) is 4.57 Å². The summed E-state index contributed by atoms with van der Waals surface area (Å²) in [6.45, 7) is 0.716. The van der Waals surface area contributed by atoms with E-state index in [-0.39, 0.29) is 10.2 Å². The van der Waals surface area contributed by atoms with Crippen LogP contribution in [0.2, 0.25) is 5.15 Å². The van der Waals surface area contributed by atoms with Gasteiger partial charge in [-0.3, -0.25) is 0 Å². The molecule has 0 aliphatic carbocycles. The third-order valence-corrected chi connectivity index (χ3v) is 3.65. The number of hydrogen-bond donors (Lipinski definition) is 0. The fourth-order valence-electron chi connectivity index (χ4n) is 1.42. The minimum absolute atomic E-state index is 0.127. The molecule has 0 saturated carbocycles. The first-order valence-electron chi connectivity index (χ1n) is 3.69. The normalized spacial score (nSPS) is 16.2. The fourth-order valence-corrected chi connectivity index (χ4v) is 2.92. The summed E-state index contributed by atoms with van der Waals surface area (Å²) >= 11 is 5.79. The van der Waals surface area contributed by atoms with Crippen molar-refractivity contribution in [1.82, 2.24) is 9.55 Å². The summed E-state index contributed by atoms with van der Waals surface area (Å²) < 4.78 is 23.6. The molecule has 0 saturated heterocycles. The standard InChI is InChI=1S/C6H6Cl2N2O2S/c7-5-6(13(8,11)12)9-4-2-1-3-10(4)5/h1-3H2. The van der Waals surface area contributed by atoms with Crippen LogP contribution in [0.1, 0.15) is 12.2 Å². The Kier molecular flexibility index (Phi) is 2.05. The molecule has 1 aromatic heterocycles. The summed E-state index contributed by atoms with van der Waals surface area (Å²) in [5.41, 5.74) is 0. The second kappa shape index (κ2) is 2.87. The number of halogens is 2. The highest BCUT2D eigenvalue weighted by atomic mass is 35.7. The SMILES string of the molecule is O=S(=O)(Cl)c1nc2n(c1Cl)CCC2. The van der Waals surface area contributed by atoms with Crippen molar-refractivity contribution >= 4 is 31.3 Å². The molecule has 0 unspecified atom stereocenters. The average Bonchev–Trinajstić information content (AvgIpc) is 2.51. The van der Waals surface area contributed by atoms with E-state index in [0.29, 0.717) is 12.4 Å².